The molecular formula is C18H21NO3S. The summed E-state index contributed by atoms with van der Waals surface area (Å²) in [7, 11) is -3.39. The van der Waals surface area contributed by atoms with Crippen LogP contribution in [-0.4, -0.2) is 31.9 Å². The van der Waals surface area contributed by atoms with Crippen molar-refractivity contribution in [3.05, 3.63) is 60.2 Å². The number of benzene rings is 2. The zero-order chi connectivity index (χ0) is 16.3. The van der Waals surface area contributed by atoms with Crippen LogP contribution in [0.15, 0.2) is 59.5 Å². The summed E-state index contributed by atoms with van der Waals surface area (Å²) >= 11 is 0. The maximum absolute atomic E-state index is 12.6. The van der Waals surface area contributed by atoms with Crippen molar-refractivity contribution in [3.8, 4) is 5.75 Å². The first-order valence-electron chi connectivity index (χ1n) is 7.84. The molecule has 0 saturated carbocycles. The summed E-state index contributed by atoms with van der Waals surface area (Å²) in [6.07, 6.45) is 1.49. The van der Waals surface area contributed by atoms with E-state index in [1.54, 1.807) is 28.6 Å². The van der Waals surface area contributed by atoms with Crippen LogP contribution in [0.2, 0.25) is 0 Å². The highest BCUT2D eigenvalue weighted by Gasteiger charge is 2.29. The average Bonchev–Trinajstić information content (AvgIpc) is 2.58. The van der Waals surface area contributed by atoms with Gasteiger partial charge in [-0.05, 0) is 44.0 Å². The van der Waals surface area contributed by atoms with Crippen LogP contribution in [0.25, 0.3) is 0 Å². The van der Waals surface area contributed by atoms with Crippen LogP contribution >= 0.6 is 0 Å². The van der Waals surface area contributed by atoms with E-state index in [-0.39, 0.29) is 6.10 Å². The van der Waals surface area contributed by atoms with Gasteiger partial charge in [0.1, 0.15) is 11.9 Å². The predicted octanol–water partition coefficient (Wildman–Crippen LogP) is 3.23. The number of piperidine rings is 1. The second-order valence-corrected chi connectivity index (χ2v) is 7.79. The number of hydrogen-bond acceptors (Lipinski definition) is 3. The molecule has 1 heterocycles. The van der Waals surface area contributed by atoms with E-state index >= 15 is 0 Å². The van der Waals surface area contributed by atoms with Crippen LogP contribution < -0.4 is 4.74 Å². The van der Waals surface area contributed by atoms with Gasteiger partial charge in [-0.2, -0.15) is 4.31 Å². The number of hydrogen-bond donors (Lipinski definition) is 0. The Morgan fingerprint density at radius 2 is 1.57 bits per heavy atom. The topological polar surface area (TPSA) is 46.6 Å². The van der Waals surface area contributed by atoms with Crippen LogP contribution in [0.5, 0.6) is 5.75 Å². The van der Waals surface area contributed by atoms with Gasteiger partial charge in [-0.3, -0.25) is 0 Å². The quantitative estimate of drug-likeness (QED) is 0.864. The molecule has 2 aromatic carbocycles. The van der Waals surface area contributed by atoms with Crippen LogP contribution in [0.3, 0.4) is 0 Å². The van der Waals surface area contributed by atoms with Crippen molar-refractivity contribution in [2.24, 2.45) is 0 Å². The largest absolute Gasteiger partial charge is 0.490 e. The Hall–Kier alpha value is -1.85. The first-order valence-corrected chi connectivity index (χ1v) is 9.28. The molecule has 23 heavy (non-hydrogen) atoms. The summed E-state index contributed by atoms with van der Waals surface area (Å²) in [4.78, 5) is 0.359. The monoisotopic (exact) mass is 331 g/mol. The lowest BCUT2D eigenvalue weighted by Gasteiger charge is -2.31. The zero-order valence-corrected chi connectivity index (χ0v) is 14.0. The number of ether oxygens (including phenoxy) is 1. The van der Waals surface area contributed by atoms with Crippen molar-refractivity contribution in [2.45, 2.75) is 30.8 Å². The molecule has 0 aromatic heterocycles. The molecule has 4 nitrogen and oxygen atoms in total. The molecule has 1 aliphatic heterocycles. The molecule has 122 valence electrons. The summed E-state index contributed by atoms with van der Waals surface area (Å²) in [5.41, 5.74) is 1.20. The Bertz CT molecular complexity index is 734. The lowest BCUT2D eigenvalue weighted by atomic mass is 10.1. The van der Waals surface area contributed by atoms with Crippen molar-refractivity contribution in [1.29, 1.82) is 0 Å². The molecule has 1 aliphatic rings. The normalized spacial score (nSPS) is 17.1. The summed E-state index contributed by atoms with van der Waals surface area (Å²) in [6, 6.07) is 16.6. The Kier molecular flexibility index (Phi) is 4.68. The van der Waals surface area contributed by atoms with Gasteiger partial charge in [0.2, 0.25) is 10.0 Å². The van der Waals surface area contributed by atoms with Crippen LogP contribution in [0.4, 0.5) is 0 Å². The number of nitrogens with zero attached hydrogens (tertiary/aromatic N) is 1. The van der Waals surface area contributed by atoms with Crippen LogP contribution in [0.1, 0.15) is 18.4 Å². The first-order chi connectivity index (χ1) is 11.1. The Morgan fingerprint density at radius 3 is 2.17 bits per heavy atom. The lowest BCUT2D eigenvalue weighted by molar-refractivity contribution is 0.135. The van der Waals surface area contributed by atoms with Gasteiger partial charge in [-0.25, -0.2) is 8.42 Å². The Balaban J connectivity index is 1.61. The fourth-order valence-corrected chi connectivity index (χ4v) is 4.23. The maximum atomic E-state index is 12.6. The van der Waals surface area contributed by atoms with Crippen molar-refractivity contribution < 1.29 is 13.2 Å². The molecule has 0 bridgehead atoms. The van der Waals surface area contributed by atoms with E-state index < -0.39 is 10.0 Å². The molecule has 0 N–H and O–H groups in total. The third kappa shape index (κ3) is 3.74. The molecule has 3 rings (SSSR count). The van der Waals surface area contributed by atoms with Gasteiger partial charge in [-0.1, -0.05) is 35.9 Å². The van der Waals surface area contributed by atoms with Gasteiger partial charge in [0.05, 0.1) is 4.90 Å². The standard InChI is InChI=1S/C18H21NO3S/c1-15-7-9-16(10-8-15)22-17-11-13-19(14-12-17)23(20,21)18-5-3-2-4-6-18/h2-10,17H,11-14H2,1H3. The summed E-state index contributed by atoms with van der Waals surface area (Å²) in [5, 5.41) is 0. The molecular weight excluding hydrogens is 310 g/mol. The molecule has 0 aliphatic carbocycles. The molecule has 0 unspecified atom stereocenters. The van der Waals surface area contributed by atoms with Crippen molar-refractivity contribution >= 4 is 10.0 Å². The minimum absolute atomic E-state index is 0.0694. The van der Waals surface area contributed by atoms with Gasteiger partial charge >= 0.3 is 0 Å². The predicted molar refractivity (Wildman–Crippen MR) is 90.0 cm³/mol. The molecule has 2 aromatic rings. The molecule has 5 heteroatoms. The van der Waals surface area contributed by atoms with E-state index in [1.165, 1.54) is 5.56 Å². The molecule has 1 fully saturated rings. The Morgan fingerprint density at radius 1 is 0.957 bits per heavy atom. The minimum atomic E-state index is -3.39. The van der Waals surface area contributed by atoms with Crippen molar-refractivity contribution in [2.75, 3.05) is 13.1 Å². The highest BCUT2D eigenvalue weighted by atomic mass is 32.2. The molecule has 0 amide bonds. The molecule has 0 radical (unpaired) electrons. The van der Waals surface area contributed by atoms with Gasteiger partial charge in [-0.15, -0.1) is 0 Å². The summed E-state index contributed by atoms with van der Waals surface area (Å²) in [6.45, 7) is 3.03. The smallest absolute Gasteiger partial charge is 0.243 e. The molecule has 0 atom stereocenters. The third-order valence-electron chi connectivity index (χ3n) is 4.11. The van der Waals surface area contributed by atoms with Gasteiger partial charge in [0, 0.05) is 13.1 Å². The minimum Gasteiger partial charge on any atom is -0.490 e. The van der Waals surface area contributed by atoms with E-state index in [1.807, 2.05) is 37.3 Å². The van der Waals surface area contributed by atoms with Crippen molar-refractivity contribution in [3.63, 3.8) is 0 Å². The van der Waals surface area contributed by atoms with E-state index in [9.17, 15) is 8.42 Å². The summed E-state index contributed by atoms with van der Waals surface area (Å²) in [5.74, 6) is 0.847. The number of rotatable bonds is 4. The fraction of sp³-hybridized carbons (Fsp3) is 0.333. The first kappa shape index (κ1) is 16.0. The highest BCUT2D eigenvalue weighted by Crippen LogP contribution is 2.23. The SMILES string of the molecule is Cc1ccc(OC2CCN(S(=O)(=O)c3ccccc3)CC2)cc1. The fourth-order valence-electron chi connectivity index (χ4n) is 2.74. The van der Waals surface area contributed by atoms with Gasteiger partial charge < -0.3 is 4.74 Å². The average molecular weight is 331 g/mol. The summed E-state index contributed by atoms with van der Waals surface area (Å²) < 4.78 is 32.7. The van der Waals surface area contributed by atoms with Crippen LogP contribution in [-0.2, 0) is 10.0 Å². The van der Waals surface area contributed by atoms with E-state index in [2.05, 4.69) is 0 Å². The Labute approximate surface area is 137 Å². The van der Waals surface area contributed by atoms with Gasteiger partial charge in [0.25, 0.3) is 0 Å². The van der Waals surface area contributed by atoms with Gasteiger partial charge in [0.15, 0.2) is 0 Å². The molecule has 1 saturated heterocycles. The highest BCUT2D eigenvalue weighted by molar-refractivity contribution is 7.89. The molecule has 0 spiro atoms. The number of sulfonamides is 1. The maximum Gasteiger partial charge on any atom is 0.243 e. The van der Waals surface area contributed by atoms with Crippen molar-refractivity contribution in [1.82, 2.24) is 4.31 Å². The van der Waals surface area contributed by atoms with E-state index in [0.29, 0.717) is 30.8 Å². The third-order valence-corrected chi connectivity index (χ3v) is 6.02. The second-order valence-electron chi connectivity index (χ2n) is 5.85. The second kappa shape index (κ2) is 6.72. The zero-order valence-electron chi connectivity index (χ0n) is 13.2. The van der Waals surface area contributed by atoms with Crippen LogP contribution in [0, 0.1) is 6.92 Å². The van der Waals surface area contributed by atoms with E-state index in [4.69, 9.17) is 4.74 Å². The van der Waals surface area contributed by atoms with E-state index in [0.717, 1.165) is 5.75 Å². The lowest BCUT2D eigenvalue weighted by Crippen LogP contribution is -2.41. The number of aryl methyl sites for hydroxylation is 1.